The van der Waals surface area contributed by atoms with Gasteiger partial charge in [-0.1, -0.05) is 11.6 Å². The fourth-order valence-electron chi connectivity index (χ4n) is 3.76. The molecular formula is C15H15BrClN3OS. The van der Waals surface area contributed by atoms with E-state index in [0.717, 1.165) is 35.0 Å². The summed E-state index contributed by atoms with van der Waals surface area (Å²) in [7, 11) is 0. The van der Waals surface area contributed by atoms with Crippen LogP contribution in [0.25, 0.3) is 0 Å². The van der Waals surface area contributed by atoms with Crippen LogP contribution in [0, 0.1) is 0 Å². The van der Waals surface area contributed by atoms with Gasteiger partial charge in [0.2, 0.25) is 0 Å². The molecule has 116 valence electrons. The van der Waals surface area contributed by atoms with Crippen LogP contribution in [0.1, 0.15) is 41.4 Å². The molecule has 4 nitrogen and oxygen atoms in total. The highest BCUT2D eigenvalue weighted by Gasteiger charge is 2.44. The molecule has 2 aliphatic rings. The molecule has 0 spiro atoms. The van der Waals surface area contributed by atoms with Gasteiger partial charge in [-0.15, -0.1) is 11.3 Å². The standard InChI is InChI=1S/C15H15BrClN3OS/c16-9-3-14(22-8-9)15(21)20-11-1-2-12(20)5-13(4-11)19-7-10(17)6-18-19/h3,6-8,11-13H,1-2,4-5H2. The normalized spacial score (nSPS) is 27.4. The Balaban J connectivity index is 1.55. The summed E-state index contributed by atoms with van der Waals surface area (Å²) in [5.74, 6) is 0.181. The molecule has 22 heavy (non-hydrogen) atoms. The van der Waals surface area contributed by atoms with E-state index in [1.54, 1.807) is 6.20 Å². The number of halogens is 2. The van der Waals surface area contributed by atoms with Crippen molar-refractivity contribution in [2.24, 2.45) is 0 Å². The quantitative estimate of drug-likeness (QED) is 0.751. The van der Waals surface area contributed by atoms with E-state index in [9.17, 15) is 4.79 Å². The molecule has 4 rings (SSSR count). The third-order valence-electron chi connectivity index (χ3n) is 4.67. The van der Waals surface area contributed by atoms with Gasteiger partial charge in [-0.25, -0.2) is 0 Å². The van der Waals surface area contributed by atoms with Crippen LogP contribution in [-0.4, -0.2) is 32.7 Å². The maximum absolute atomic E-state index is 12.8. The van der Waals surface area contributed by atoms with Gasteiger partial charge in [0.1, 0.15) is 0 Å². The van der Waals surface area contributed by atoms with E-state index in [0.29, 0.717) is 23.1 Å². The number of hydrogen-bond acceptors (Lipinski definition) is 3. The second-order valence-electron chi connectivity index (χ2n) is 5.99. The summed E-state index contributed by atoms with van der Waals surface area (Å²) in [5.41, 5.74) is 0. The monoisotopic (exact) mass is 399 g/mol. The van der Waals surface area contributed by atoms with Crippen molar-refractivity contribution in [3.8, 4) is 0 Å². The Kier molecular flexibility index (Phi) is 3.78. The zero-order chi connectivity index (χ0) is 15.3. The van der Waals surface area contributed by atoms with Crippen LogP contribution in [0.5, 0.6) is 0 Å². The summed E-state index contributed by atoms with van der Waals surface area (Å²) in [6.07, 6.45) is 7.69. The van der Waals surface area contributed by atoms with Crippen molar-refractivity contribution in [1.82, 2.24) is 14.7 Å². The Morgan fingerprint density at radius 2 is 2.05 bits per heavy atom. The molecule has 0 aliphatic carbocycles. The molecule has 4 heterocycles. The first-order valence-electron chi connectivity index (χ1n) is 7.38. The lowest BCUT2D eigenvalue weighted by Crippen LogP contribution is -2.46. The minimum Gasteiger partial charge on any atom is -0.332 e. The summed E-state index contributed by atoms with van der Waals surface area (Å²) in [4.78, 5) is 15.7. The van der Waals surface area contributed by atoms with Gasteiger partial charge >= 0.3 is 0 Å². The first-order chi connectivity index (χ1) is 10.6. The number of carbonyl (C=O) groups is 1. The predicted molar refractivity (Wildman–Crippen MR) is 90.5 cm³/mol. The average molecular weight is 401 g/mol. The molecule has 0 radical (unpaired) electrons. The van der Waals surface area contributed by atoms with E-state index in [2.05, 4.69) is 25.9 Å². The highest BCUT2D eigenvalue weighted by atomic mass is 79.9. The number of hydrogen-bond donors (Lipinski definition) is 0. The second-order valence-corrected chi connectivity index (χ2v) is 8.25. The van der Waals surface area contributed by atoms with E-state index < -0.39 is 0 Å². The molecule has 7 heteroatoms. The number of nitrogens with zero attached hydrogens (tertiary/aromatic N) is 3. The van der Waals surface area contributed by atoms with Crippen molar-refractivity contribution in [3.05, 3.63) is 38.2 Å². The smallest absolute Gasteiger partial charge is 0.264 e. The predicted octanol–water partition coefficient (Wildman–Crippen LogP) is 4.37. The summed E-state index contributed by atoms with van der Waals surface area (Å²) < 4.78 is 2.95. The number of amides is 1. The van der Waals surface area contributed by atoms with E-state index in [-0.39, 0.29) is 5.91 Å². The Hall–Kier alpha value is -0.850. The van der Waals surface area contributed by atoms with Gasteiger partial charge in [0.25, 0.3) is 5.91 Å². The van der Waals surface area contributed by atoms with Crippen LogP contribution in [-0.2, 0) is 0 Å². The van der Waals surface area contributed by atoms with E-state index >= 15 is 0 Å². The number of aromatic nitrogens is 2. The van der Waals surface area contributed by atoms with E-state index in [1.807, 2.05) is 22.3 Å². The molecule has 0 saturated carbocycles. The lowest BCUT2D eigenvalue weighted by atomic mass is 9.97. The maximum Gasteiger partial charge on any atom is 0.264 e. The third-order valence-corrected chi connectivity index (χ3v) is 6.54. The average Bonchev–Trinajstić information content (AvgIpc) is 3.17. The fourth-order valence-corrected chi connectivity index (χ4v) is 5.28. The Morgan fingerprint density at radius 1 is 1.32 bits per heavy atom. The van der Waals surface area contributed by atoms with Crippen LogP contribution in [0.4, 0.5) is 0 Å². The van der Waals surface area contributed by atoms with E-state index in [4.69, 9.17) is 11.6 Å². The topological polar surface area (TPSA) is 38.1 Å². The van der Waals surface area contributed by atoms with Gasteiger partial charge < -0.3 is 4.90 Å². The Bertz CT molecular complexity index is 701. The summed E-state index contributed by atoms with van der Waals surface area (Å²) in [6.45, 7) is 0. The largest absolute Gasteiger partial charge is 0.332 e. The van der Waals surface area contributed by atoms with Crippen LogP contribution in [0.3, 0.4) is 0 Å². The molecule has 2 saturated heterocycles. The lowest BCUT2D eigenvalue weighted by molar-refractivity contribution is 0.0529. The highest BCUT2D eigenvalue weighted by Crippen LogP contribution is 2.42. The Labute approximate surface area is 146 Å². The highest BCUT2D eigenvalue weighted by molar-refractivity contribution is 9.10. The number of rotatable bonds is 2. The molecule has 2 fully saturated rings. The maximum atomic E-state index is 12.8. The van der Waals surface area contributed by atoms with Gasteiger partial charge in [-0.2, -0.15) is 5.10 Å². The van der Waals surface area contributed by atoms with Crippen LogP contribution >= 0.6 is 38.9 Å². The molecule has 0 aromatic carbocycles. The number of thiophene rings is 1. The number of carbonyl (C=O) groups excluding carboxylic acids is 1. The molecule has 2 atom stereocenters. The second kappa shape index (κ2) is 5.65. The molecule has 2 aromatic rings. The first kappa shape index (κ1) is 14.7. The molecular weight excluding hydrogens is 386 g/mol. The fraction of sp³-hybridized carbons (Fsp3) is 0.467. The molecule has 0 N–H and O–H groups in total. The minimum atomic E-state index is 0.181. The number of piperidine rings is 1. The lowest BCUT2D eigenvalue weighted by Gasteiger charge is -2.38. The van der Waals surface area contributed by atoms with Crippen molar-refractivity contribution >= 4 is 44.8 Å². The molecule has 2 bridgehead atoms. The van der Waals surface area contributed by atoms with E-state index in [1.165, 1.54) is 11.3 Å². The zero-order valence-corrected chi connectivity index (χ0v) is 14.9. The van der Waals surface area contributed by atoms with Crippen molar-refractivity contribution < 1.29 is 4.79 Å². The SMILES string of the molecule is O=C(c1cc(Br)cs1)N1C2CCC1CC(n1cc(Cl)cn1)C2. The summed E-state index contributed by atoms with van der Waals surface area (Å²) in [6, 6.07) is 2.91. The summed E-state index contributed by atoms with van der Waals surface area (Å²) in [5, 5.41) is 6.99. The van der Waals surface area contributed by atoms with Crippen molar-refractivity contribution in [3.63, 3.8) is 0 Å². The van der Waals surface area contributed by atoms with Crippen molar-refractivity contribution in [1.29, 1.82) is 0 Å². The third kappa shape index (κ3) is 2.51. The molecule has 2 aromatic heterocycles. The van der Waals surface area contributed by atoms with Gasteiger partial charge in [0.05, 0.1) is 22.1 Å². The number of fused-ring (bicyclic) bond motifs is 2. The van der Waals surface area contributed by atoms with Gasteiger partial charge in [0, 0.05) is 28.1 Å². The van der Waals surface area contributed by atoms with Gasteiger partial charge in [-0.3, -0.25) is 9.48 Å². The molecule has 1 amide bonds. The molecule has 2 aliphatic heterocycles. The Morgan fingerprint density at radius 3 is 2.59 bits per heavy atom. The van der Waals surface area contributed by atoms with Crippen LogP contribution < -0.4 is 0 Å². The van der Waals surface area contributed by atoms with Crippen LogP contribution in [0.15, 0.2) is 28.3 Å². The summed E-state index contributed by atoms with van der Waals surface area (Å²) >= 11 is 10.9. The zero-order valence-electron chi connectivity index (χ0n) is 11.8. The van der Waals surface area contributed by atoms with Gasteiger partial charge in [0.15, 0.2) is 0 Å². The van der Waals surface area contributed by atoms with Crippen molar-refractivity contribution in [2.45, 2.75) is 43.8 Å². The van der Waals surface area contributed by atoms with Crippen LogP contribution in [0.2, 0.25) is 5.02 Å². The minimum absolute atomic E-state index is 0.181. The van der Waals surface area contributed by atoms with Crippen molar-refractivity contribution in [2.75, 3.05) is 0 Å². The first-order valence-corrected chi connectivity index (χ1v) is 9.43. The molecule has 2 unspecified atom stereocenters. The van der Waals surface area contributed by atoms with Gasteiger partial charge in [-0.05, 0) is 47.7 Å².